The van der Waals surface area contributed by atoms with Crippen LogP contribution in [0.5, 0.6) is 0 Å². The minimum Gasteiger partial charge on any atom is -0.459 e. The molecule has 0 radical (unpaired) electrons. The van der Waals surface area contributed by atoms with Gasteiger partial charge in [-0.3, -0.25) is 9.59 Å². The summed E-state index contributed by atoms with van der Waals surface area (Å²) in [6, 6.07) is 9.82. The number of nitrogens with one attached hydrogen (secondary N) is 2. The Hall–Kier alpha value is -3.60. The zero-order valence-corrected chi connectivity index (χ0v) is 16.7. The lowest BCUT2D eigenvalue weighted by Gasteiger charge is -2.27. The van der Waals surface area contributed by atoms with Crippen LogP contribution in [-0.4, -0.2) is 29.9 Å². The average Bonchev–Trinajstić information content (AvgIpc) is 3.22. The van der Waals surface area contributed by atoms with E-state index in [0.29, 0.717) is 5.69 Å². The summed E-state index contributed by atoms with van der Waals surface area (Å²) < 4.78 is 10.1. The van der Waals surface area contributed by atoms with Gasteiger partial charge in [-0.1, -0.05) is 19.9 Å². The van der Waals surface area contributed by atoms with E-state index < -0.39 is 29.9 Å². The van der Waals surface area contributed by atoms with Crippen molar-refractivity contribution in [3.63, 3.8) is 0 Å². The Balaban J connectivity index is 2.01. The van der Waals surface area contributed by atoms with Gasteiger partial charge in [-0.25, -0.2) is 4.79 Å². The largest absolute Gasteiger partial charge is 0.459 e. The predicted molar refractivity (Wildman–Crippen MR) is 105 cm³/mol. The molecule has 0 aliphatic carbocycles. The van der Waals surface area contributed by atoms with Gasteiger partial charge in [0.1, 0.15) is 5.54 Å². The van der Waals surface area contributed by atoms with E-state index in [1.807, 2.05) is 0 Å². The summed E-state index contributed by atoms with van der Waals surface area (Å²) in [7, 11) is 0. The van der Waals surface area contributed by atoms with Crippen LogP contribution in [0, 0.1) is 24.2 Å². The quantitative estimate of drug-likeness (QED) is 0.693. The molecule has 1 aromatic carbocycles. The summed E-state index contributed by atoms with van der Waals surface area (Å²) in [5.74, 6) is -1.73. The molecule has 2 N–H and O–H groups in total. The molecule has 0 fully saturated rings. The molecule has 2 rings (SSSR count). The van der Waals surface area contributed by atoms with Gasteiger partial charge in [0.2, 0.25) is 0 Å². The Bertz CT molecular complexity index is 944. The van der Waals surface area contributed by atoms with Crippen LogP contribution in [0.4, 0.5) is 5.69 Å². The molecule has 0 saturated heterocycles. The van der Waals surface area contributed by atoms with Crippen molar-refractivity contribution in [2.75, 3.05) is 11.9 Å². The molecule has 1 atom stereocenters. The van der Waals surface area contributed by atoms with Crippen LogP contribution in [-0.2, 0) is 9.53 Å². The number of benzene rings is 1. The van der Waals surface area contributed by atoms with E-state index in [2.05, 4.69) is 16.7 Å². The maximum absolute atomic E-state index is 12.3. The molecule has 0 aliphatic heterocycles. The lowest BCUT2D eigenvalue weighted by Crippen LogP contribution is -2.50. The number of furan rings is 1. The molecule has 8 nitrogen and oxygen atoms in total. The molecule has 1 aromatic heterocycles. The van der Waals surface area contributed by atoms with Gasteiger partial charge in [-0.05, 0) is 49.6 Å². The third-order valence-corrected chi connectivity index (χ3v) is 4.59. The fourth-order valence-electron chi connectivity index (χ4n) is 2.32. The molecule has 0 saturated carbocycles. The zero-order chi connectivity index (χ0) is 21.6. The van der Waals surface area contributed by atoms with Gasteiger partial charge in [-0.15, -0.1) is 0 Å². The smallest absolute Gasteiger partial charge is 0.338 e. The standard InChI is InChI=1S/C21H23N3O5/c1-13(2)21(4,12-22)24-18(25)11-29-20(27)15-8-7-14(3)16(10-15)23-19(26)17-6-5-9-28-17/h5-10,13H,11H2,1-4H3,(H,23,26)(H,24,25)/t21-/m1/s1. The van der Waals surface area contributed by atoms with Gasteiger partial charge < -0.3 is 19.8 Å². The average molecular weight is 397 g/mol. The number of nitriles is 1. The van der Waals surface area contributed by atoms with Gasteiger partial charge in [0, 0.05) is 5.69 Å². The number of carbonyl (C=O) groups is 3. The van der Waals surface area contributed by atoms with Crippen molar-refractivity contribution in [3.8, 4) is 6.07 Å². The number of carbonyl (C=O) groups excluding carboxylic acids is 3. The van der Waals surface area contributed by atoms with Crippen molar-refractivity contribution in [3.05, 3.63) is 53.5 Å². The first-order valence-electron chi connectivity index (χ1n) is 9.01. The highest BCUT2D eigenvalue weighted by atomic mass is 16.5. The van der Waals surface area contributed by atoms with Crippen molar-refractivity contribution in [1.82, 2.24) is 5.32 Å². The number of hydrogen-bond acceptors (Lipinski definition) is 6. The number of anilines is 1. The maximum atomic E-state index is 12.3. The SMILES string of the molecule is Cc1ccc(C(=O)OCC(=O)N[C@](C)(C#N)C(C)C)cc1NC(=O)c1ccco1. The Morgan fingerprint density at radius 1 is 1.28 bits per heavy atom. The van der Waals surface area contributed by atoms with E-state index in [1.54, 1.807) is 39.8 Å². The molecule has 29 heavy (non-hydrogen) atoms. The first kappa shape index (κ1) is 21.7. The Morgan fingerprint density at radius 3 is 2.59 bits per heavy atom. The second kappa shape index (κ2) is 9.06. The van der Waals surface area contributed by atoms with Crippen LogP contribution in [0.1, 0.15) is 47.2 Å². The number of rotatable bonds is 7. The minimum atomic E-state index is -1.06. The van der Waals surface area contributed by atoms with Crippen molar-refractivity contribution in [2.24, 2.45) is 5.92 Å². The Morgan fingerprint density at radius 2 is 2.00 bits per heavy atom. The summed E-state index contributed by atoms with van der Waals surface area (Å²) in [5.41, 5.74) is 0.268. The first-order valence-corrected chi connectivity index (χ1v) is 9.01. The molecule has 0 aliphatic rings. The monoisotopic (exact) mass is 397 g/mol. The second-order valence-corrected chi connectivity index (χ2v) is 7.05. The van der Waals surface area contributed by atoms with Crippen LogP contribution < -0.4 is 10.6 Å². The van der Waals surface area contributed by atoms with E-state index >= 15 is 0 Å². The van der Waals surface area contributed by atoms with Crippen LogP contribution in [0.3, 0.4) is 0 Å². The molecular weight excluding hydrogens is 374 g/mol. The highest BCUT2D eigenvalue weighted by molar-refractivity contribution is 6.03. The molecular formula is C21H23N3O5. The summed E-state index contributed by atoms with van der Waals surface area (Å²) in [6.45, 7) is 6.46. The second-order valence-electron chi connectivity index (χ2n) is 7.05. The van der Waals surface area contributed by atoms with E-state index in [1.165, 1.54) is 24.5 Å². The van der Waals surface area contributed by atoms with Gasteiger partial charge in [0.25, 0.3) is 11.8 Å². The third-order valence-electron chi connectivity index (χ3n) is 4.59. The fourth-order valence-corrected chi connectivity index (χ4v) is 2.32. The molecule has 0 bridgehead atoms. The molecule has 0 unspecified atom stereocenters. The van der Waals surface area contributed by atoms with Crippen molar-refractivity contribution in [1.29, 1.82) is 5.26 Å². The predicted octanol–water partition coefficient (Wildman–Crippen LogP) is 3.05. The van der Waals surface area contributed by atoms with Crippen molar-refractivity contribution in [2.45, 2.75) is 33.2 Å². The van der Waals surface area contributed by atoms with Gasteiger partial charge in [-0.2, -0.15) is 5.26 Å². The molecule has 2 amide bonds. The van der Waals surface area contributed by atoms with Crippen molar-refractivity contribution < 1.29 is 23.5 Å². The van der Waals surface area contributed by atoms with E-state index in [4.69, 9.17) is 9.15 Å². The molecule has 2 aromatic rings. The highest BCUT2D eigenvalue weighted by Gasteiger charge is 2.30. The minimum absolute atomic E-state index is 0.121. The molecule has 152 valence electrons. The van der Waals surface area contributed by atoms with E-state index in [0.717, 1.165) is 5.56 Å². The maximum Gasteiger partial charge on any atom is 0.338 e. The fraction of sp³-hybridized carbons (Fsp3) is 0.333. The molecule has 0 spiro atoms. The third kappa shape index (κ3) is 5.45. The first-order chi connectivity index (χ1) is 13.7. The number of esters is 1. The van der Waals surface area contributed by atoms with Gasteiger partial charge in [0.05, 0.1) is 17.9 Å². The topological polar surface area (TPSA) is 121 Å². The summed E-state index contributed by atoms with van der Waals surface area (Å²) in [5, 5.41) is 14.5. The zero-order valence-electron chi connectivity index (χ0n) is 16.7. The number of hydrogen-bond donors (Lipinski definition) is 2. The number of aryl methyl sites for hydroxylation is 1. The van der Waals surface area contributed by atoms with Crippen LogP contribution in [0.2, 0.25) is 0 Å². The Labute approximate surface area is 168 Å². The lowest BCUT2D eigenvalue weighted by atomic mass is 9.90. The molecule has 1 heterocycles. The van der Waals surface area contributed by atoms with E-state index in [-0.39, 0.29) is 17.2 Å². The van der Waals surface area contributed by atoms with Gasteiger partial charge in [0.15, 0.2) is 12.4 Å². The van der Waals surface area contributed by atoms with Crippen LogP contribution >= 0.6 is 0 Å². The Kier molecular flexibility index (Phi) is 6.78. The summed E-state index contributed by atoms with van der Waals surface area (Å²) in [6.07, 6.45) is 1.39. The van der Waals surface area contributed by atoms with Crippen molar-refractivity contribution >= 4 is 23.5 Å². The number of ether oxygens (including phenoxy) is 1. The summed E-state index contributed by atoms with van der Waals surface area (Å²) >= 11 is 0. The number of nitrogens with zero attached hydrogens (tertiary/aromatic N) is 1. The van der Waals surface area contributed by atoms with Crippen LogP contribution in [0.15, 0.2) is 41.0 Å². The summed E-state index contributed by atoms with van der Waals surface area (Å²) in [4.78, 5) is 36.5. The van der Waals surface area contributed by atoms with E-state index in [9.17, 15) is 19.6 Å². The normalized spacial score (nSPS) is 12.6. The molecule has 8 heteroatoms. The lowest BCUT2D eigenvalue weighted by molar-refractivity contribution is -0.125. The highest BCUT2D eigenvalue weighted by Crippen LogP contribution is 2.19. The number of amides is 2. The van der Waals surface area contributed by atoms with Gasteiger partial charge >= 0.3 is 5.97 Å². The van der Waals surface area contributed by atoms with Crippen LogP contribution in [0.25, 0.3) is 0 Å².